The van der Waals surface area contributed by atoms with E-state index in [-0.39, 0.29) is 54.1 Å². The molecule has 0 aromatic rings. The lowest BCUT2D eigenvalue weighted by Crippen LogP contribution is -2.42. The van der Waals surface area contributed by atoms with E-state index in [1.165, 1.54) is 327 Å². The van der Waals surface area contributed by atoms with E-state index in [1.54, 1.807) is 0 Å². The molecule has 0 fully saturated rings. The molecule has 0 rings (SSSR count). The van der Waals surface area contributed by atoms with Gasteiger partial charge in [-0.1, -0.05) is 423 Å². The lowest BCUT2D eigenvalue weighted by Gasteiger charge is -2.29. The van der Waals surface area contributed by atoms with Crippen molar-refractivity contribution in [1.82, 2.24) is 19.6 Å². The summed E-state index contributed by atoms with van der Waals surface area (Å²) >= 11 is 0. The van der Waals surface area contributed by atoms with Gasteiger partial charge < -0.3 is 43.1 Å². The molecule has 0 aromatic carbocycles. The quantitative estimate of drug-likeness (QED) is 0.0244. The zero-order valence-electron chi connectivity index (χ0n) is 97.4. The van der Waals surface area contributed by atoms with Crippen LogP contribution in [-0.4, -0.2) is 174 Å². The summed E-state index contributed by atoms with van der Waals surface area (Å²) in [5.74, 6) is -0.509. The van der Waals surface area contributed by atoms with Crippen LogP contribution in [0.5, 0.6) is 0 Å². The second kappa shape index (κ2) is 116. The summed E-state index contributed by atoms with van der Waals surface area (Å²) in [6.45, 7) is 21.6. The Hall–Kier alpha value is -4.90. The predicted molar refractivity (Wildman–Crippen MR) is 622 cm³/mol. The van der Waals surface area contributed by atoms with Gasteiger partial charge in [-0.25, -0.2) is 0 Å². The number of unbranched alkanes of at least 4 members (excludes halogenated alkanes) is 63. The zero-order chi connectivity index (χ0) is 105. The number of rotatable bonds is 117. The van der Waals surface area contributed by atoms with Crippen molar-refractivity contribution in [1.29, 1.82) is 0 Å². The lowest BCUT2D eigenvalue weighted by atomic mass is 10.1. The molecule has 0 radical (unpaired) electrons. The Morgan fingerprint density at radius 3 is 0.559 bits per heavy atom. The zero-order valence-corrected chi connectivity index (χ0v) is 97.4. The van der Waals surface area contributed by atoms with Gasteiger partial charge in [0.2, 0.25) is 0 Å². The fourth-order valence-corrected chi connectivity index (χ4v) is 18.9. The van der Waals surface area contributed by atoms with Crippen molar-refractivity contribution in [3.8, 4) is 0 Å². The summed E-state index contributed by atoms with van der Waals surface area (Å²) in [6, 6.07) is 0. The molecule has 0 saturated carbocycles. The second-order valence-electron chi connectivity index (χ2n) is 43.5. The van der Waals surface area contributed by atoms with E-state index in [1.807, 2.05) is 0 Å². The van der Waals surface area contributed by atoms with Crippen LogP contribution in [0, 0.1) is 0 Å². The van der Waals surface area contributed by atoms with Gasteiger partial charge in [0.05, 0.1) is 39.1 Å². The third kappa shape index (κ3) is 110. The number of carbonyl (C=O) groups excluding carboxylic acids is 6. The Bertz CT molecular complexity index is 2650. The van der Waals surface area contributed by atoms with Crippen LogP contribution in [-0.2, 0) is 57.2 Å². The largest absolute Gasteiger partial charge is 0.466 e. The molecule has 848 valence electrons. The number of hydrogen-bond donors (Lipinski definition) is 0. The first-order valence-corrected chi connectivity index (χ1v) is 62.9. The highest BCUT2D eigenvalue weighted by atomic mass is 16.6. The summed E-state index contributed by atoms with van der Waals surface area (Å²) < 4.78 is 35.4. The van der Waals surface area contributed by atoms with Gasteiger partial charge >= 0.3 is 35.8 Å². The van der Waals surface area contributed by atoms with Crippen LogP contribution in [0.3, 0.4) is 0 Å². The molecule has 0 aromatic heterocycles. The van der Waals surface area contributed by atoms with E-state index in [0.29, 0.717) is 78.0 Å². The summed E-state index contributed by atoms with van der Waals surface area (Å²) in [5, 5.41) is 0. The van der Waals surface area contributed by atoms with Crippen molar-refractivity contribution in [2.45, 2.75) is 618 Å². The van der Waals surface area contributed by atoms with Crippen LogP contribution in [0.2, 0.25) is 0 Å². The molecule has 0 amide bonds. The topological polar surface area (TPSA) is 171 Å². The monoisotopic (exact) mass is 2040 g/mol. The van der Waals surface area contributed by atoms with E-state index < -0.39 is 0 Å². The van der Waals surface area contributed by atoms with Crippen molar-refractivity contribution >= 4 is 35.8 Å². The SMILES string of the molecule is CCCCCCCCC/C=C\CCCCCCCC(=O)OC(C/C=C\CCCCCCCCOC(=O)CCN(C)CCN(CCN(C)CCC(=O)OCCCCCCCC/C=C\CC(CCCCCC)OC(=O)CCCCCCC/C=C\CCCCCCCCC)CCN(C)CCC(=O)OCCCCCCCC/C=C\CC(CCCCCC)OC(=O)CCCCCCC/C=C\CCCCCCCCC)CCCCCC. The lowest BCUT2D eigenvalue weighted by molar-refractivity contribution is -0.150. The van der Waals surface area contributed by atoms with E-state index in [2.05, 4.69) is 155 Å². The number of nitrogens with zero attached hydrogens (tertiary/aromatic N) is 4. The van der Waals surface area contributed by atoms with E-state index in [0.717, 1.165) is 232 Å². The smallest absolute Gasteiger partial charge is 0.307 e. The summed E-state index contributed by atoms with van der Waals surface area (Å²) in [4.78, 5) is 87.0. The molecule has 0 N–H and O–H groups in total. The maximum Gasteiger partial charge on any atom is 0.307 e. The maximum absolute atomic E-state index is 13.0. The van der Waals surface area contributed by atoms with Crippen molar-refractivity contribution < 1.29 is 57.2 Å². The Balaban J connectivity index is 5.11. The van der Waals surface area contributed by atoms with E-state index in [9.17, 15) is 28.8 Å². The summed E-state index contributed by atoms with van der Waals surface area (Å²) in [6.07, 6.45) is 126. The normalized spacial score (nSPS) is 12.7. The van der Waals surface area contributed by atoms with Gasteiger partial charge in [-0.3, -0.25) is 33.7 Å². The Morgan fingerprint density at radius 2 is 0.352 bits per heavy atom. The van der Waals surface area contributed by atoms with Crippen LogP contribution < -0.4 is 0 Å². The van der Waals surface area contributed by atoms with Gasteiger partial charge in [0.1, 0.15) is 18.3 Å². The van der Waals surface area contributed by atoms with Crippen LogP contribution in [0.4, 0.5) is 0 Å². The highest BCUT2D eigenvalue weighted by Crippen LogP contribution is 2.24. The van der Waals surface area contributed by atoms with Crippen molar-refractivity contribution in [2.24, 2.45) is 0 Å². The number of likely N-dealkylation sites (N-methyl/N-ethyl adjacent to an activating group) is 3. The number of ether oxygens (including phenoxy) is 6. The van der Waals surface area contributed by atoms with Gasteiger partial charge in [0.15, 0.2) is 0 Å². The number of carbonyl (C=O) groups is 6. The Morgan fingerprint density at radius 1 is 0.179 bits per heavy atom. The van der Waals surface area contributed by atoms with Crippen LogP contribution in [0.1, 0.15) is 600 Å². The third-order valence-corrected chi connectivity index (χ3v) is 29.0. The van der Waals surface area contributed by atoms with Gasteiger partial charge in [-0.15, -0.1) is 0 Å². The Labute approximate surface area is 898 Å². The molecule has 0 aliphatic heterocycles. The van der Waals surface area contributed by atoms with Crippen molar-refractivity contribution in [3.05, 3.63) is 72.9 Å². The van der Waals surface area contributed by atoms with Crippen molar-refractivity contribution in [3.63, 3.8) is 0 Å². The minimum absolute atomic E-state index is 0.0219. The molecule has 3 unspecified atom stereocenters. The molecule has 0 bridgehead atoms. The first-order chi connectivity index (χ1) is 71.2. The van der Waals surface area contributed by atoms with Gasteiger partial charge in [0.25, 0.3) is 0 Å². The standard InChI is InChI=1S/C129H240N4O12/c1-10-16-22-28-31-34-37-40-43-46-49-52-61-70-79-91-103-127(137)143-121(97-85-25-19-13-4)100-88-76-67-58-55-64-73-82-94-118-140-124(134)106-109-130(7)112-115-133(116-113-131(8)110-107-125(135)141-119-95-83-74-65-56-59-68-77-89-101-122(98-86-26-20-14-5)144-128(138)104-92-80-71-62-53-50-47-44-41-38-35-32-29-23-17-11-2)117-114-132(9)111-108-126(136)142-120-96-84-75-66-57-60-69-78-90-102-123(99-87-27-21-15-6)145-129(139)105-93-81-72-63-54-51-48-45-42-39-36-33-30-24-18-12-3/h43-48,76-78,88-90,121-123H,10-42,49-75,79-87,91-120H2,1-9H3/b46-43-,47-44-,48-45-,88-76-,89-77-,90-78-. The van der Waals surface area contributed by atoms with Crippen molar-refractivity contribution in [2.75, 3.05) is 99.9 Å². The van der Waals surface area contributed by atoms with Crippen LogP contribution >= 0.6 is 0 Å². The number of esters is 6. The molecule has 0 aliphatic rings. The molecule has 3 atom stereocenters. The van der Waals surface area contributed by atoms with Crippen LogP contribution in [0.15, 0.2) is 72.9 Å². The second-order valence-corrected chi connectivity index (χ2v) is 43.5. The predicted octanol–water partition coefficient (Wildman–Crippen LogP) is 36.8. The molecular formula is C129H240N4O12. The van der Waals surface area contributed by atoms with Gasteiger partial charge in [-0.2, -0.15) is 0 Å². The number of hydrogen-bond acceptors (Lipinski definition) is 16. The van der Waals surface area contributed by atoms with Gasteiger partial charge in [0, 0.05) is 97.4 Å². The average Bonchev–Trinajstić information content (AvgIpc) is 0.957. The molecular weight excluding hydrogens is 1800 g/mol. The third-order valence-electron chi connectivity index (χ3n) is 29.0. The maximum atomic E-state index is 13.0. The highest BCUT2D eigenvalue weighted by Gasteiger charge is 2.20. The molecule has 0 saturated heterocycles. The molecule has 0 heterocycles. The summed E-state index contributed by atoms with van der Waals surface area (Å²) in [7, 11) is 6.23. The fourth-order valence-electron chi connectivity index (χ4n) is 18.9. The first-order valence-electron chi connectivity index (χ1n) is 62.9. The van der Waals surface area contributed by atoms with E-state index in [4.69, 9.17) is 28.4 Å². The fraction of sp³-hybridized carbons (Fsp3) is 0.860. The minimum Gasteiger partial charge on any atom is -0.466 e. The van der Waals surface area contributed by atoms with Gasteiger partial charge in [-0.05, 0) is 214 Å². The first kappa shape index (κ1) is 140. The minimum atomic E-state index is -0.146. The molecule has 0 aliphatic carbocycles. The molecule has 145 heavy (non-hydrogen) atoms. The Kier molecular flexibility index (Phi) is 112. The number of allylic oxidation sites excluding steroid dienone is 9. The molecule has 0 spiro atoms. The molecule has 16 nitrogen and oxygen atoms in total. The summed E-state index contributed by atoms with van der Waals surface area (Å²) in [5.41, 5.74) is 0. The average molecular weight is 2040 g/mol. The highest BCUT2D eigenvalue weighted by molar-refractivity contribution is 5.71. The van der Waals surface area contributed by atoms with Crippen LogP contribution in [0.25, 0.3) is 0 Å². The van der Waals surface area contributed by atoms with E-state index >= 15 is 0 Å². The molecule has 16 heteroatoms.